The largest absolute Gasteiger partial charge is 0.487 e. The monoisotopic (exact) mass is 291 g/mol. The number of carboxylic acid groups (broad SMARTS) is 1. The molecule has 116 valence electrons. The predicted molar refractivity (Wildman–Crippen MR) is 82.6 cm³/mol. The summed E-state index contributed by atoms with van der Waals surface area (Å²) < 4.78 is 6.04. The van der Waals surface area contributed by atoms with Crippen LogP contribution in [-0.4, -0.2) is 33.7 Å². The maximum atomic E-state index is 11.7. The third-order valence-corrected chi connectivity index (χ3v) is 4.31. The van der Waals surface area contributed by atoms with E-state index >= 15 is 0 Å². The Morgan fingerprint density at radius 1 is 1.43 bits per heavy atom. The van der Waals surface area contributed by atoms with Gasteiger partial charge in [0.25, 0.3) is 0 Å². The van der Waals surface area contributed by atoms with E-state index in [2.05, 4.69) is 18.7 Å². The minimum atomic E-state index is -0.917. The molecule has 0 aromatic heterocycles. The highest BCUT2D eigenvalue weighted by Gasteiger charge is 2.43. The number of aliphatic carboxylic acids is 1. The van der Waals surface area contributed by atoms with Gasteiger partial charge in [0.15, 0.2) is 0 Å². The maximum Gasteiger partial charge on any atom is 0.323 e. The second-order valence-electron chi connectivity index (χ2n) is 6.77. The van der Waals surface area contributed by atoms with Crippen LogP contribution in [0.3, 0.4) is 0 Å². The molecular formula is C17H25NO3. The number of likely N-dealkylation sites (N-methyl/N-ethyl adjacent to an activating group) is 1. The van der Waals surface area contributed by atoms with Gasteiger partial charge >= 0.3 is 5.97 Å². The van der Waals surface area contributed by atoms with Crippen molar-refractivity contribution in [3.8, 4) is 5.75 Å². The van der Waals surface area contributed by atoms with Gasteiger partial charge in [0.1, 0.15) is 16.9 Å². The first-order valence-corrected chi connectivity index (χ1v) is 7.47. The van der Waals surface area contributed by atoms with Crippen LogP contribution in [0.2, 0.25) is 0 Å². The highest BCUT2D eigenvalue weighted by atomic mass is 16.5. The highest BCUT2D eigenvalue weighted by molar-refractivity contribution is 5.77. The number of hydrogen-bond acceptors (Lipinski definition) is 3. The first-order chi connectivity index (χ1) is 9.69. The second-order valence-corrected chi connectivity index (χ2v) is 6.77. The minimum absolute atomic E-state index is 0.0426. The summed E-state index contributed by atoms with van der Waals surface area (Å²) in [6.07, 6.45) is 0.772. The summed E-state index contributed by atoms with van der Waals surface area (Å²) in [5.41, 5.74) is -0.144. The van der Waals surface area contributed by atoms with E-state index in [9.17, 15) is 9.90 Å². The zero-order chi connectivity index (χ0) is 15.8. The molecule has 0 saturated heterocycles. The normalized spacial score (nSPS) is 20.8. The SMILES string of the molecule is CCN(C1CC(C)(C)Oc2ccccc21)C(C)(C)C(=O)O. The number of benzene rings is 1. The fourth-order valence-corrected chi connectivity index (χ4v) is 3.17. The number of nitrogens with zero attached hydrogens (tertiary/aromatic N) is 1. The summed E-state index contributed by atoms with van der Waals surface area (Å²) in [5.74, 6) is 0.0597. The van der Waals surface area contributed by atoms with Gasteiger partial charge in [-0.1, -0.05) is 25.1 Å². The summed E-state index contributed by atoms with van der Waals surface area (Å²) in [4.78, 5) is 13.7. The molecule has 1 unspecified atom stereocenters. The first kappa shape index (κ1) is 15.8. The van der Waals surface area contributed by atoms with Gasteiger partial charge in [-0.25, -0.2) is 0 Å². The molecular weight excluding hydrogens is 266 g/mol. The van der Waals surface area contributed by atoms with Crippen molar-refractivity contribution in [2.24, 2.45) is 0 Å². The van der Waals surface area contributed by atoms with Crippen molar-refractivity contribution in [3.05, 3.63) is 29.8 Å². The molecule has 0 radical (unpaired) electrons. The van der Waals surface area contributed by atoms with E-state index in [1.165, 1.54) is 0 Å². The van der Waals surface area contributed by atoms with Gasteiger partial charge in [-0.3, -0.25) is 9.69 Å². The lowest BCUT2D eigenvalue weighted by Gasteiger charge is -2.46. The second kappa shape index (κ2) is 5.34. The van der Waals surface area contributed by atoms with Crippen LogP contribution in [0.1, 0.15) is 52.6 Å². The smallest absolute Gasteiger partial charge is 0.323 e. The lowest BCUT2D eigenvalue weighted by atomic mass is 9.86. The predicted octanol–water partition coefficient (Wildman–Crippen LogP) is 3.47. The van der Waals surface area contributed by atoms with E-state index in [0.717, 1.165) is 17.7 Å². The summed E-state index contributed by atoms with van der Waals surface area (Å²) in [6.45, 7) is 10.3. The molecule has 0 saturated carbocycles. The molecule has 1 aliphatic heterocycles. The van der Waals surface area contributed by atoms with Crippen LogP contribution in [-0.2, 0) is 4.79 Å². The van der Waals surface area contributed by atoms with Gasteiger partial charge in [0, 0.05) is 18.0 Å². The number of carboxylic acids is 1. The Morgan fingerprint density at radius 2 is 2.05 bits per heavy atom. The molecule has 0 spiro atoms. The molecule has 0 amide bonds. The van der Waals surface area contributed by atoms with Crippen LogP contribution in [0, 0.1) is 0 Å². The van der Waals surface area contributed by atoms with Crippen molar-refractivity contribution in [1.82, 2.24) is 4.90 Å². The van der Waals surface area contributed by atoms with Crippen molar-refractivity contribution >= 4 is 5.97 Å². The van der Waals surface area contributed by atoms with Gasteiger partial charge in [-0.15, -0.1) is 0 Å². The molecule has 1 atom stereocenters. The zero-order valence-corrected chi connectivity index (χ0v) is 13.5. The molecule has 0 fully saturated rings. The Bertz CT molecular complexity index is 537. The maximum absolute atomic E-state index is 11.7. The molecule has 21 heavy (non-hydrogen) atoms. The van der Waals surface area contributed by atoms with Crippen LogP contribution in [0.25, 0.3) is 0 Å². The summed E-state index contributed by atoms with van der Waals surface area (Å²) in [6, 6.07) is 7.98. The van der Waals surface area contributed by atoms with E-state index in [1.807, 2.05) is 31.2 Å². The zero-order valence-electron chi connectivity index (χ0n) is 13.5. The van der Waals surface area contributed by atoms with Gasteiger partial charge in [-0.05, 0) is 40.3 Å². The Morgan fingerprint density at radius 3 is 2.62 bits per heavy atom. The molecule has 4 nitrogen and oxygen atoms in total. The quantitative estimate of drug-likeness (QED) is 0.922. The fourth-order valence-electron chi connectivity index (χ4n) is 3.17. The lowest BCUT2D eigenvalue weighted by Crippen LogP contribution is -2.54. The van der Waals surface area contributed by atoms with Crippen molar-refractivity contribution in [3.63, 3.8) is 0 Å². The molecule has 1 heterocycles. The van der Waals surface area contributed by atoms with E-state index in [1.54, 1.807) is 13.8 Å². The Balaban J connectivity index is 2.48. The number of ether oxygens (including phenoxy) is 1. The molecule has 1 aromatic carbocycles. The number of hydrogen-bond donors (Lipinski definition) is 1. The average Bonchev–Trinajstić information content (AvgIpc) is 2.37. The average molecular weight is 291 g/mol. The van der Waals surface area contributed by atoms with Crippen LogP contribution in [0.5, 0.6) is 5.75 Å². The first-order valence-electron chi connectivity index (χ1n) is 7.47. The Hall–Kier alpha value is -1.55. The Labute approximate surface area is 126 Å². The molecule has 0 bridgehead atoms. The number of para-hydroxylation sites is 1. The van der Waals surface area contributed by atoms with E-state index in [4.69, 9.17) is 4.74 Å². The molecule has 1 aromatic rings. The van der Waals surface area contributed by atoms with Gasteiger partial charge in [-0.2, -0.15) is 0 Å². The van der Waals surface area contributed by atoms with Crippen molar-refractivity contribution < 1.29 is 14.6 Å². The highest BCUT2D eigenvalue weighted by Crippen LogP contribution is 2.44. The lowest BCUT2D eigenvalue weighted by molar-refractivity contribution is -0.152. The van der Waals surface area contributed by atoms with Crippen molar-refractivity contribution in [1.29, 1.82) is 0 Å². The minimum Gasteiger partial charge on any atom is -0.487 e. The van der Waals surface area contributed by atoms with Crippen molar-refractivity contribution in [2.45, 2.75) is 58.2 Å². The van der Waals surface area contributed by atoms with Gasteiger partial charge < -0.3 is 9.84 Å². The summed E-state index contributed by atoms with van der Waals surface area (Å²) >= 11 is 0. The summed E-state index contributed by atoms with van der Waals surface area (Å²) in [5, 5.41) is 9.58. The molecule has 2 rings (SSSR count). The third kappa shape index (κ3) is 2.91. The van der Waals surface area contributed by atoms with Crippen LogP contribution >= 0.6 is 0 Å². The summed E-state index contributed by atoms with van der Waals surface area (Å²) in [7, 11) is 0. The topological polar surface area (TPSA) is 49.8 Å². The van der Waals surface area contributed by atoms with Crippen LogP contribution < -0.4 is 4.74 Å². The van der Waals surface area contributed by atoms with E-state index in [-0.39, 0.29) is 11.6 Å². The number of fused-ring (bicyclic) bond motifs is 1. The van der Waals surface area contributed by atoms with Crippen LogP contribution in [0.15, 0.2) is 24.3 Å². The van der Waals surface area contributed by atoms with Gasteiger partial charge in [0.2, 0.25) is 0 Å². The number of carbonyl (C=O) groups is 1. The van der Waals surface area contributed by atoms with E-state index in [0.29, 0.717) is 6.54 Å². The van der Waals surface area contributed by atoms with Crippen molar-refractivity contribution in [2.75, 3.05) is 6.54 Å². The standard InChI is InChI=1S/C17H25NO3/c1-6-18(17(4,5)15(19)20)13-11-16(2,3)21-14-10-8-7-9-12(13)14/h7-10,13H,6,11H2,1-5H3,(H,19,20). The van der Waals surface area contributed by atoms with Gasteiger partial charge in [0.05, 0.1) is 0 Å². The number of rotatable bonds is 4. The fraction of sp³-hybridized carbons (Fsp3) is 0.588. The molecule has 0 aliphatic carbocycles. The van der Waals surface area contributed by atoms with Crippen LogP contribution in [0.4, 0.5) is 0 Å². The molecule has 1 N–H and O–H groups in total. The Kier molecular flexibility index (Phi) is 4.02. The molecule has 1 aliphatic rings. The third-order valence-electron chi connectivity index (χ3n) is 4.31. The molecule has 4 heteroatoms. The van der Waals surface area contributed by atoms with E-state index < -0.39 is 11.5 Å².